The van der Waals surface area contributed by atoms with E-state index < -0.39 is 10.0 Å². The molecule has 0 radical (unpaired) electrons. The zero-order valence-electron chi connectivity index (χ0n) is 17.6. The molecule has 1 aliphatic rings. The number of methoxy groups -OCH3 is 2. The molecule has 0 aliphatic carbocycles. The Morgan fingerprint density at radius 2 is 1.60 bits per heavy atom. The van der Waals surface area contributed by atoms with E-state index in [1.807, 2.05) is 24.3 Å². The van der Waals surface area contributed by atoms with Crippen LogP contribution in [-0.4, -0.2) is 57.9 Å². The Morgan fingerprint density at radius 3 is 2.17 bits per heavy atom. The summed E-state index contributed by atoms with van der Waals surface area (Å²) >= 11 is 0. The topological polar surface area (TPSA) is 76.2 Å². The molecule has 2 aromatic carbocycles. The second-order valence-electron chi connectivity index (χ2n) is 7.42. The Balaban J connectivity index is 1.67. The summed E-state index contributed by atoms with van der Waals surface area (Å²) in [7, 11) is 1.25. The highest BCUT2D eigenvalue weighted by Crippen LogP contribution is 2.26. The number of ether oxygens (including phenoxy) is 2. The molecule has 0 bridgehead atoms. The highest BCUT2D eigenvalue weighted by Gasteiger charge is 2.34. The minimum atomic E-state index is -3.65. The molecule has 1 heterocycles. The van der Waals surface area contributed by atoms with Crippen LogP contribution in [0.1, 0.15) is 18.4 Å². The summed E-state index contributed by atoms with van der Waals surface area (Å²) in [5.41, 5.74) is 0.991. The van der Waals surface area contributed by atoms with Crippen LogP contribution in [0, 0.1) is 5.92 Å². The first kappa shape index (κ1) is 22.1. The van der Waals surface area contributed by atoms with Crippen LogP contribution in [0.5, 0.6) is 11.5 Å². The average Bonchev–Trinajstić information content (AvgIpc) is 2.79. The van der Waals surface area contributed by atoms with E-state index in [2.05, 4.69) is 0 Å². The maximum absolute atomic E-state index is 13.0. The summed E-state index contributed by atoms with van der Waals surface area (Å²) in [6, 6.07) is 13.9. The molecular weight excluding hydrogens is 404 g/mol. The van der Waals surface area contributed by atoms with Crippen molar-refractivity contribution in [3.63, 3.8) is 0 Å². The molecule has 0 spiro atoms. The SMILES string of the molecule is COc1ccc(CN(C)C(=O)[C@H]2CCCN(S(=O)(=O)c3ccc(OC)cc3)C2)cc1. The average molecular weight is 433 g/mol. The Labute approximate surface area is 178 Å². The molecule has 1 amide bonds. The molecule has 0 aromatic heterocycles. The molecule has 30 heavy (non-hydrogen) atoms. The number of nitrogens with zero attached hydrogens (tertiary/aromatic N) is 2. The van der Waals surface area contributed by atoms with E-state index in [1.165, 1.54) is 23.5 Å². The number of hydrogen-bond acceptors (Lipinski definition) is 5. The summed E-state index contributed by atoms with van der Waals surface area (Å²) in [5, 5.41) is 0. The van der Waals surface area contributed by atoms with E-state index in [-0.39, 0.29) is 23.3 Å². The van der Waals surface area contributed by atoms with Gasteiger partial charge in [-0.15, -0.1) is 0 Å². The van der Waals surface area contributed by atoms with E-state index in [9.17, 15) is 13.2 Å². The molecule has 162 valence electrons. The number of piperidine rings is 1. The number of hydrogen-bond donors (Lipinski definition) is 0. The fraction of sp³-hybridized carbons (Fsp3) is 0.409. The first-order chi connectivity index (χ1) is 14.3. The van der Waals surface area contributed by atoms with Gasteiger partial charge >= 0.3 is 0 Å². The third kappa shape index (κ3) is 4.94. The van der Waals surface area contributed by atoms with Crippen molar-refractivity contribution in [2.75, 3.05) is 34.4 Å². The van der Waals surface area contributed by atoms with Gasteiger partial charge in [0.25, 0.3) is 0 Å². The lowest BCUT2D eigenvalue weighted by Gasteiger charge is -2.33. The number of sulfonamides is 1. The van der Waals surface area contributed by atoms with Crippen molar-refractivity contribution < 1.29 is 22.7 Å². The van der Waals surface area contributed by atoms with Gasteiger partial charge in [0.05, 0.1) is 25.0 Å². The highest BCUT2D eigenvalue weighted by molar-refractivity contribution is 7.89. The molecule has 0 saturated carbocycles. The number of benzene rings is 2. The largest absolute Gasteiger partial charge is 0.497 e. The van der Waals surface area contributed by atoms with Crippen LogP contribution < -0.4 is 9.47 Å². The standard InChI is InChI=1S/C22H28N2O5S/c1-23(15-17-6-8-19(28-2)9-7-17)22(25)18-5-4-14-24(16-18)30(26,27)21-12-10-20(29-3)11-13-21/h6-13,18H,4-5,14-16H2,1-3H3/t18-/m0/s1. The van der Waals surface area contributed by atoms with E-state index in [0.29, 0.717) is 31.7 Å². The smallest absolute Gasteiger partial charge is 0.243 e. The van der Waals surface area contributed by atoms with Crippen molar-refractivity contribution in [3.8, 4) is 11.5 Å². The summed E-state index contributed by atoms with van der Waals surface area (Å²) < 4.78 is 37.7. The summed E-state index contributed by atoms with van der Waals surface area (Å²) in [4.78, 5) is 14.9. The zero-order chi connectivity index (χ0) is 21.7. The molecule has 2 aromatic rings. The van der Waals surface area contributed by atoms with Gasteiger partial charge in [0.15, 0.2) is 0 Å². The second kappa shape index (κ2) is 9.49. The summed E-state index contributed by atoms with van der Waals surface area (Å²) in [6.07, 6.45) is 1.34. The molecular formula is C22H28N2O5S. The maximum Gasteiger partial charge on any atom is 0.243 e. The normalized spacial score (nSPS) is 17.4. The third-order valence-electron chi connectivity index (χ3n) is 5.39. The van der Waals surface area contributed by atoms with Crippen molar-refractivity contribution >= 4 is 15.9 Å². The predicted molar refractivity (Wildman–Crippen MR) is 114 cm³/mol. The minimum absolute atomic E-state index is 0.0413. The lowest BCUT2D eigenvalue weighted by atomic mass is 9.98. The first-order valence-electron chi connectivity index (χ1n) is 9.87. The second-order valence-corrected chi connectivity index (χ2v) is 9.36. The van der Waals surface area contributed by atoms with Gasteiger partial charge in [-0.05, 0) is 54.8 Å². The van der Waals surface area contributed by atoms with Gasteiger partial charge in [-0.3, -0.25) is 4.79 Å². The van der Waals surface area contributed by atoms with Crippen LogP contribution in [0.15, 0.2) is 53.4 Å². The molecule has 0 N–H and O–H groups in total. The first-order valence-corrected chi connectivity index (χ1v) is 11.3. The molecule has 3 rings (SSSR count). The summed E-state index contributed by atoms with van der Waals surface area (Å²) in [5.74, 6) is 0.968. The quantitative estimate of drug-likeness (QED) is 0.673. The predicted octanol–water partition coefficient (Wildman–Crippen LogP) is 2.76. The molecule has 1 saturated heterocycles. The van der Waals surface area contributed by atoms with Gasteiger partial charge in [0.1, 0.15) is 11.5 Å². The fourth-order valence-electron chi connectivity index (χ4n) is 3.65. The van der Waals surface area contributed by atoms with Crippen LogP contribution >= 0.6 is 0 Å². The van der Waals surface area contributed by atoms with Crippen LogP contribution in [0.3, 0.4) is 0 Å². The van der Waals surface area contributed by atoms with Gasteiger partial charge in [-0.25, -0.2) is 8.42 Å². The molecule has 1 atom stereocenters. The lowest BCUT2D eigenvalue weighted by Crippen LogP contribution is -2.45. The van der Waals surface area contributed by atoms with Crippen LogP contribution in [0.4, 0.5) is 0 Å². The number of rotatable bonds is 7. The molecule has 8 heteroatoms. The van der Waals surface area contributed by atoms with Crippen molar-refractivity contribution in [2.24, 2.45) is 5.92 Å². The van der Waals surface area contributed by atoms with Crippen LogP contribution in [-0.2, 0) is 21.4 Å². The van der Waals surface area contributed by atoms with Gasteiger partial charge in [0.2, 0.25) is 15.9 Å². The highest BCUT2D eigenvalue weighted by atomic mass is 32.2. The molecule has 7 nitrogen and oxygen atoms in total. The number of carbonyl (C=O) groups excluding carboxylic acids is 1. The molecule has 1 fully saturated rings. The maximum atomic E-state index is 13.0. The number of amides is 1. The van der Waals surface area contributed by atoms with Crippen LogP contribution in [0.2, 0.25) is 0 Å². The Kier molecular flexibility index (Phi) is 6.99. The lowest BCUT2D eigenvalue weighted by molar-refractivity contribution is -0.135. The Bertz CT molecular complexity index is 958. The monoisotopic (exact) mass is 432 g/mol. The van der Waals surface area contributed by atoms with E-state index >= 15 is 0 Å². The van der Waals surface area contributed by atoms with Crippen molar-refractivity contribution in [3.05, 3.63) is 54.1 Å². The van der Waals surface area contributed by atoms with Gasteiger partial charge in [-0.1, -0.05) is 12.1 Å². The van der Waals surface area contributed by atoms with E-state index in [1.54, 1.807) is 31.2 Å². The van der Waals surface area contributed by atoms with Crippen molar-refractivity contribution in [1.29, 1.82) is 0 Å². The van der Waals surface area contributed by atoms with Crippen molar-refractivity contribution in [2.45, 2.75) is 24.3 Å². The van der Waals surface area contributed by atoms with Crippen molar-refractivity contribution in [1.82, 2.24) is 9.21 Å². The summed E-state index contributed by atoms with van der Waals surface area (Å²) in [6.45, 7) is 1.07. The van der Waals surface area contributed by atoms with E-state index in [0.717, 1.165) is 11.3 Å². The molecule has 1 aliphatic heterocycles. The Hall–Kier alpha value is -2.58. The van der Waals surface area contributed by atoms with Crippen LogP contribution in [0.25, 0.3) is 0 Å². The minimum Gasteiger partial charge on any atom is -0.497 e. The van der Waals surface area contributed by atoms with Gasteiger partial charge < -0.3 is 14.4 Å². The number of carbonyl (C=O) groups is 1. The molecule has 0 unspecified atom stereocenters. The van der Waals surface area contributed by atoms with E-state index in [4.69, 9.17) is 9.47 Å². The fourth-order valence-corrected chi connectivity index (χ4v) is 5.18. The Morgan fingerprint density at radius 1 is 1.03 bits per heavy atom. The zero-order valence-corrected chi connectivity index (χ0v) is 18.4. The van der Waals surface area contributed by atoms with Gasteiger partial charge in [-0.2, -0.15) is 4.31 Å². The van der Waals surface area contributed by atoms with Gasteiger partial charge in [0, 0.05) is 26.7 Å². The third-order valence-corrected chi connectivity index (χ3v) is 7.26.